The van der Waals surface area contributed by atoms with Crippen LogP contribution in [0, 0.1) is 10.1 Å². The molecule has 1 fully saturated rings. The first-order valence-electron chi connectivity index (χ1n) is 9.73. The Hall–Kier alpha value is -3.46. The minimum absolute atomic E-state index is 0.00640. The van der Waals surface area contributed by atoms with Crippen molar-refractivity contribution in [1.82, 2.24) is 4.90 Å². The minimum Gasteiger partial charge on any atom is -0.495 e. The lowest BCUT2D eigenvalue weighted by Crippen LogP contribution is -3.19. The lowest BCUT2D eigenvalue weighted by Gasteiger charge is -2.34. The number of nitro benzene ring substituents is 1. The Morgan fingerprint density at radius 3 is 2.43 bits per heavy atom. The second-order valence-corrected chi connectivity index (χ2v) is 7.17. The van der Waals surface area contributed by atoms with Crippen molar-refractivity contribution >= 4 is 23.2 Å². The first kappa shape index (κ1) is 21.3. The zero-order valence-corrected chi connectivity index (χ0v) is 17.0. The number of amides is 2. The third-order valence-corrected chi connectivity index (χ3v) is 5.37. The summed E-state index contributed by atoms with van der Waals surface area (Å²) in [6.07, 6.45) is 0. The molecule has 3 rings (SSSR count). The molecule has 1 aliphatic heterocycles. The zero-order chi connectivity index (χ0) is 21.7. The van der Waals surface area contributed by atoms with E-state index in [1.807, 2.05) is 25.1 Å². The average molecular weight is 413 g/mol. The maximum atomic E-state index is 12.8. The van der Waals surface area contributed by atoms with E-state index in [0.717, 1.165) is 4.90 Å². The van der Waals surface area contributed by atoms with Gasteiger partial charge in [0.25, 0.3) is 17.5 Å². The van der Waals surface area contributed by atoms with Gasteiger partial charge in [0.2, 0.25) is 0 Å². The molecule has 0 radical (unpaired) electrons. The summed E-state index contributed by atoms with van der Waals surface area (Å²) >= 11 is 0. The van der Waals surface area contributed by atoms with Gasteiger partial charge in [-0.15, -0.1) is 0 Å². The van der Waals surface area contributed by atoms with E-state index in [9.17, 15) is 19.7 Å². The van der Waals surface area contributed by atoms with Gasteiger partial charge >= 0.3 is 0 Å². The number of hydrogen-bond acceptors (Lipinski definition) is 5. The number of nitro groups is 1. The van der Waals surface area contributed by atoms with Crippen LogP contribution in [0.4, 0.5) is 11.4 Å². The molecule has 1 aliphatic rings. The van der Waals surface area contributed by atoms with Gasteiger partial charge in [-0.1, -0.05) is 18.2 Å². The Kier molecular flexibility index (Phi) is 6.63. The number of benzene rings is 2. The van der Waals surface area contributed by atoms with Gasteiger partial charge < -0.3 is 19.9 Å². The fraction of sp³-hybridized carbons (Fsp3) is 0.333. The van der Waals surface area contributed by atoms with Crippen molar-refractivity contribution in [3.05, 3.63) is 64.2 Å². The smallest absolute Gasteiger partial charge is 0.282 e. The average Bonchev–Trinajstić information content (AvgIpc) is 2.78. The molecule has 9 heteroatoms. The topological polar surface area (TPSA) is 106 Å². The van der Waals surface area contributed by atoms with E-state index in [4.69, 9.17) is 4.74 Å². The third-order valence-electron chi connectivity index (χ3n) is 5.37. The monoisotopic (exact) mass is 413 g/mol. The first-order valence-corrected chi connectivity index (χ1v) is 9.73. The molecule has 2 aromatic carbocycles. The molecule has 0 aromatic heterocycles. The summed E-state index contributed by atoms with van der Waals surface area (Å²) in [6, 6.07) is 12.8. The van der Waals surface area contributed by atoms with E-state index in [1.54, 1.807) is 17.0 Å². The van der Waals surface area contributed by atoms with Crippen molar-refractivity contribution in [3.63, 3.8) is 0 Å². The van der Waals surface area contributed by atoms with E-state index < -0.39 is 4.92 Å². The van der Waals surface area contributed by atoms with Gasteiger partial charge in [-0.05, 0) is 25.1 Å². The number of rotatable bonds is 6. The fourth-order valence-corrected chi connectivity index (χ4v) is 3.53. The van der Waals surface area contributed by atoms with E-state index in [1.165, 1.54) is 25.3 Å². The molecule has 0 aliphatic carbocycles. The minimum atomic E-state index is -0.521. The molecule has 0 unspecified atom stereocenters. The quantitative estimate of drug-likeness (QED) is 0.542. The SMILES string of the molecule is COc1ccc([N+](=O)[O-])cc1NC(=O)[C@@H](C)[NH+]1CCN(C(=O)c2ccccc2)CC1. The molecule has 2 aromatic rings. The van der Waals surface area contributed by atoms with Crippen LogP contribution in [-0.2, 0) is 4.79 Å². The largest absolute Gasteiger partial charge is 0.495 e. The Balaban J connectivity index is 1.61. The van der Waals surface area contributed by atoms with E-state index in [2.05, 4.69) is 5.32 Å². The standard InChI is InChI=1S/C21H24N4O5/c1-15(20(26)22-18-14-17(25(28)29)8-9-19(18)30-2)23-10-12-24(13-11-23)21(27)16-6-4-3-5-7-16/h3-9,14-15H,10-13H2,1-2H3,(H,22,26)/p+1/t15-/m1/s1. The van der Waals surface area contributed by atoms with Crippen molar-refractivity contribution in [2.24, 2.45) is 0 Å². The van der Waals surface area contributed by atoms with Crippen molar-refractivity contribution < 1.29 is 24.1 Å². The van der Waals surface area contributed by atoms with E-state index >= 15 is 0 Å². The molecule has 0 bridgehead atoms. The second-order valence-electron chi connectivity index (χ2n) is 7.17. The predicted molar refractivity (Wildman–Crippen MR) is 111 cm³/mol. The number of nitrogens with zero attached hydrogens (tertiary/aromatic N) is 2. The summed E-state index contributed by atoms with van der Waals surface area (Å²) in [4.78, 5) is 38.7. The third kappa shape index (κ3) is 4.74. The van der Waals surface area contributed by atoms with Crippen LogP contribution in [0.15, 0.2) is 48.5 Å². The van der Waals surface area contributed by atoms with Crippen LogP contribution >= 0.6 is 0 Å². The van der Waals surface area contributed by atoms with E-state index in [0.29, 0.717) is 37.5 Å². The second kappa shape index (κ2) is 9.36. The highest BCUT2D eigenvalue weighted by Gasteiger charge is 2.31. The molecule has 0 saturated carbocycles. The molecular formula is C21H25N4O5+. The number of nitrogens with one attached hydrogen (secondary N) is 2. The molecule has 2 amide bonds. The summed E-state index contributed by atoms with van der Waals surface area (Å²) in [5, 5.41) is 13.8. The molecule has 1 heterocycles. The van der Waals surface area contributed by atoms with Gasteiger partial charge in [-0.2, -0.15) is 0 Å². The number of carbonyl (C=O) groups excluding carboxylic acids is 2. The van der Waals surface area contributed by atoms with Crippen LogP contribution in [0.2, 0.25) is 0 Å². The number of carbonyl (C=O) groups is 2. The normalized spacial score (nSPS) is 15.3. The number of hydrogen-bond donors (Lipinski definition) is 2. The van der Waals surface area contributed by atoms with Gasteiger partial charge in [0.1, 0.15) is 5.75 Å². The molecule has 9 nitrogen and oxygen atoms in total. The summed E-state index contributed by atoms with van der Waals surface area (Å²) in [5.41, 5.74) is 0.796. The molecule has 1 saturated heterocycles. The first-order chi connectivity index (χ1) is 14.4. The number of quaternary nitrogens is 1. The molecule has 158 valence electrons. The number of methoxy groups -OCH3 is 1. The molecule has 2 N–H and O–H groups in total. The number of piperazine rings is 1. The highest BCUT2D eigenvalue weighted by atomic mass is 16.6. The lowest BCUT2D eigenvalue weighted by molar-refractivity contribution is -0.917. The predicted octanol–water partition coefficient (Wildman–Crippen LogP) is 0.971. The molecular weight excluding hydrogens is 388 g/mol. The molecule has 0 spiro atoms. The van der Waals surface area contributed by atoms with Gasteiger partial charge in [-0.25, -0.2) is 0 Å². The van der Waals surface area contributed by atoms with Crippen LogP contribution in [0.25, 0.3) is 0 Å². The van der Waals surface area contributed by atoms with Crippen LogP contribution in [0.1, 0.15) is 17.3 Å². The number of non-ortho nitro benzene ring substituents is 1. The van der Waals surface area contributed by atoms with Crippen molar-refractivity contribution in [2.75, 3.05) is 38.6 Å². The van der Waals surface area contributed by atoms with Crippen molar-refractivity contribution in [1.29, 1.82) is 0 Å². The maximum absolute atomic E-state index is 12.8. The Labute approximate surface area is 174 Å². The zero-order valence-electron chi connectivity index (χ0n) is 17.0. The lowest BCUT2D eigenvalue weighted by atomic mass is 10.1. The fourth-order valence-electron chi connectivity index (χ4n) is 3.53. The summed E-state index contributed by atoms with van der Waals surface area (Å²) < 4.78 is 5.20. The molecule has 1 atom stereocenters. The van der Waals surface area contributed by atoms with Gasteiger partial charge in [-0.3, -0.25) is 19.7 Å². The summed E-state index contributed by atoms with van der Waals surface area (Å²) in [7, 11) is 1.44. The van der Waals surface area contributed by atoms with Crippen LogP contribution in [0.5, 0.6) is 5.75 Å². The Morgan fingerprint density at radius 1 is 1.17 bits per heavy atom. The maximum Gasteiger partial charge on any atom is 0.282 e. The van der Waals surface area contributed by atoms with Crippen LogP contribution < -0.4 is 15.0 Å². The molecule has 30 heavy (non-hydrogen) atoms. The Morgan fingerprint density at radius 2 is 1.83 bits per heavy atom. The van der Waals surface area contributed by atoms with Gasteiger partial charge in [0, 0.05) is 17.7 Å². The summed E-state index contributed by atoms with van der Waals surface area (Å²) in [5.74, 6) is 0.0918. The van der Waals surface area contributed by atoms with E-state index in [-0.39, 0.29) is 29.2 Å². The van der Waals surface area contributed by atoms with Crippen LogP contribution in [0.3, 0.4) is 0 Å². The summed E-state index contributed by atoms with van der Waals surface area (Å²) in [6.45, 7) is 4.20. The van der Waals surface area contributed by atoms with Crippen molar-refractivity contribution in [2.45, 2.75) is 13.0 Å². The van der Waals surface area contributed by atoms with Crippen molar-refractivity contribution in [3.8, 4) is 5.75 Å². The number of ether oxygens (including phenoxy) is 1. The highest BCUT2D eigenvalue weighted by molar-refractivity contribution is 5.95. The number of anilines is 1. The van der Waals surface area contributed by atoms with Gasteiger partial charge in [0.15, 0.2) is 6.04 Å². The van der Waals surface area contributed by atoms with Crippen LogP contribution in [-0.4, -0.2) is 61.0 Å². The Bertz CT molecular complexity index is 926. The van der Waals surface area contributed by atoms with Gasteiger partial charge in [0.05, 0.1) is 43.9 Å². The highest BCUT2D eigenvalue weighted by Crippen LogP contribution is 2.28.